The normalized spacial score (nSPS) is 22.8. The number of nitrogens with zero attached hydrogens (tertiary/aromatic N) is 1. The molecule has 35 heavy (non-hydrogen) atoms. The lowest BCUT2D eigenvalue weighted by atomic mass is 9.89. The van der Waals surface area contributed by atoms with Gasteiger partial charge in [0.25, 0.3) is 0 Å². The maximum absolute atomic E-state index is 13.7. The average Bonchev–Trinajstić information content (AvgIpc) is 3.45. The Morgan fingerprint density at radius 1 is 1.00 bits per heavy atom. The highest BCUT2D eigenvalue weighted by atomic mass is 16.5. The maximum atomic E-state index is 13.7. The molecule has 2 aromatic rings. The highest BCUT2D eigenvalue weighted by Gasteiger charge is 2.49. The van der Waals surface area contributed by atoms with Crippen molar-refractivity contribution in [3.05, 3.63) is 59.7 Å². The summed E-state index contributed by atoms with van der Waals surface area (Å²) in [6.45, 7) is 2.59. The van der Waals surface area contributed by atoms with E-state index in [9.17, 15) is 19.5 Å². The van der Waals surface area contributed by atoms with Crippen LogP contribution in [0.15, 0.2) is 48.5 Å². The Morgan fingerprint density at radius 3 is 2.20 bits per heavy atom. The van der Waals surface area contributed by atoms with E-state index in [-0.39, 0.29) is 24.3 Å². The van der Waals surface area contributed by atoms with Crippen molar-refractivity contribution >= 4 is 18.0 Å². The van der Waals surface area contributed by atoms with E-state index in [0.717, 1.165) is 41.5 Å². The number of rotatable bonds is 5. The molecule has 1 aliphatic heterocycles. The van der Waals surface area contributed by atoms with E-state index in [2.05, 4.69) is 29.6 Å². The molecule has 1 heterocycles. The fraction of sp³-hybridized carbons (Fsp3) is 0.464. The Balaban J connectivity index is 1.31. The van der Waals surface area contributed by atoms with Gasteiger partial charge in [-0.15, -0.1) is 0 Å². The van der Waals surface area contributed by atoms with Gasteiger partial charge in [-0.25, -0.2) is 9.59 Å². The number of alkyl carbamates (subject to hydrolysis) is 1. The largest absolute Gasteiger partial charge is 0.480 e. The molecule has 1 saturated carbocycles. The molecular formula is C28H32N2O5. The lowest BCUT2D eigenvalue weighted by molar-refractivity contribution is -0.156. The summed E-state index contributed by atoms with van der Waals surface area (Å²) in [6, 6.07) is 15.4. The van der Waals surface area contributed by atoms with Gasteiger partial charge in [-0.05, 0) is 53.9 Å². The second kappa shape index (κ2) is 9.36. The van der Waals surface area contributed by atoms with Gasteiger partial charge in [0, 0.05) is 12.5 Å². The van der Waals surface area contributed by atoms with Crippen molar-refractivity contribution < 1.29 is 24.2 Å². The molecule has 2 atom stereocenters. The topological polar surface area (TPSA) is 95.9 Å². The molecule has 2 N–H and O–H groups in total. The van der Waals surface area contributed by atoms with Gasteiger partial charge in [-0.1, -0.05) is 68.3 Å². The van der Waals surface area contributed by atoms with Gasteiger partial charge in [0.2, 0.25) is 5.91 Å². The standard InChI is InChI=1S/C28H32N2O5/c1-18-12-13-24(25(31)32)30(16-18)26(33)28(14-6-7-15-28)29-27(34)35-17-23-21-10-4-2-8-19(21)20-9-3-5-11-22(20)23/h2-5,8-11,18,23-24H,6-7,12-17H2,1H3,(H,29,34)(H,31,32). The molecule has 184 valence electrons. The smallest absolute Gasteiger partial charge is 0.408 e. The third-order valence-electron chi connectivity index (χ3n) is 7.91. The van der Waals surface area contributed by atoms with Crippen LogP contribution < -0.4 is 5.32 Å². The van der Waals surface area contributed by atoms with Crippen LogP contribution in [-0.4, -0.2) is 52.7 Å². The Hall–Kier alpha value is -3.35. The lowest BCUT2D eigenvalue weighted by Gasteiger charge is -2.41. The maximum Gasteiger partial charge on any atom is 0.408 e. The van der Waals surface area contributed by atoms with E-state index in [4.69, 9.17) is 4.74 Å². The monoisotopic (exact) mass is 476 g/mol. The number of aliphatic carboxylic acids is 1. The van der Waals surface area contributed by atoms with Crippen LogP contribution >= 0.6 is 0 Å². The van der Waals surface area contributed by atoms with Crippen molar-refractivity contribution in [3.63, 3.8) is 0 Å². The minimum Gasteiger partial charge on any atom is -0.480 e. The van der Waals surface area contributed by atoms with Crippen molar-refractivity contribution in [1.82, 2.24) is 10.2 Å². The highest BCUT2D eigenvalue weighted by Crippen LogP contribution is 2.44. The number of piperidine rings is 1. The van der Waals surface area contributed by atoms with Crippen LogP contribution in [0.25, 0.3) is 11.1 Å². The molecule has 3 aliphatic rings. The van der Waals surface area contributed by atoms with Gasteiger partial charge in [0.05, 0.1) is 0 Å². The van der Waals surface area contributed by atoms with Crippen molar-refractivity contribution in [3.8, 4) is 11.1 Å². The number of likely N-dealkylation sites (tertiary alicyclic amines) is 1. The number of carbonyl (C=O) groups excluding carboxylic acids is 2. The molecule has 0 bridgehead atoms. The first-order valence-corrected chi connectivity index (χ1v) is 12.6. The number of nitrogens with one attached hydrogen (secondary N) is 1. The van der Waals surface area contributed by atoms with E-state index in [0.29, 0.717) is 25.8 Å². The van der Waals surface area contributed by atoms with Crippen LogP contribution in [0.1, 0.15) is 62.5 Å². The lowest BCUT2D eigenvalue weighted by Crippen LogP contribution is -2.62. The van der Waals surface area contributed by atoms with Crippen molar-refractivity contribution in [2.45, 2.75) is 62.9 Å². The van der Waals surface area contributed by atoms with Crippen LogP contribution in [0.3, 0.4) is 0 Å². The average molecular weight is 477 g/mol. The van der Waals surface area contributed by atoms with E-state index >= 15 is 0 Å². The molecule has 0 aromatic heterocycles. The number of benzene rings is 2. The van der Waals surface area contributed by atoms with Crippen LogP contribution in [0, 0.1) is 5.92 Å². The second-order valence-electron chi connectivity index (χ2n) is 10.2. The Kier molecular flexibility index (Phi) is 6.26. The molecule has 7 nitrogen and oxygen atoms in total. The number of carboxylic acid groups (broad SMARTS) is 1. The van der Waals surface area contributed by atoms with Crippen LogP contribution in [-0.2, 0) is 14.3 Å². The third kappa shape index (κ3) is 4.28. The van der Waals surface area contributed by atoms with E-state index in [1.54, 1.807) is 0 Å². The van der Waals surface area contributed by atoms with Gasteiger partial charge in [0.1, 0.15) is 18.2 Å². The number of fused-ring (bicyclic) bond motifs is 3. The van der Waals surface area contributed by atoms with Gasteiger partial charge < -0.3 is 20.1 Å². The van der Waals surface area contributed by atoms with E-state index < -0.39 is 23.6 Å². The van der Waals surface area contributed by atoms with Gasteiger partial charge in [0.15, 0.2) is 0 Å². The molecule has 1 saturated heterocycles. The minimum absolute atomic E-state index is 0.0669. The highest BCUT2D eigenvalue weighted by molar-refractivity contribution is 5.93. The number of amides is 2. The van der Waals surface area contributed by atoms with Crippen LogP contribution in [0.4, 0.5) is 4.79 Å². The first-order chi connectivity index (χ1) is 16.9. The summed E-state index contributed by atoms with van der Waals surface area (Å²) in [7, 11) is 0. The summed E-state index contributed by atoms with van der Waals surface area (Å²) < 4.78 is 5.72. The first kappa shape index (κ1) is 23.4. The summed E-state index contributed by atoms with van der Waals surface area (Å²) in [5.74, 6) is -1.12. The molecule has 2 fully saturated rings. The fourth-order valence-electron chi connectivity index (χ4n) is 6.11. The Morgan fingerprint density at radius 2 is 1.60 bits per heavy atom. The van der Waals surface area contributed by atoms with E-state index in [1.165, 1.54) is 4.90 Å². The first-order valence-electron chi connectivity index (χ1n) is 12.6. The van der Waals surface area contributed by atoms with Gasteiger partial charge >= 0.3 is 12.1 Å². The number of hydrogen-bond donors (Lipinski definition) is 2. The van der Waals surface area contributed by atoms with Crippen molar-refractivity contribution in [2.24, 2.45) is 5.92 Å². The van der Waals surface area contributed by atoms with E-state index in [1.807, 2.05) is 31.2 Å². The molecule has 7 heteroatoms. The molecule has 2 unspecified atom stereocenters. The Labute approximate surface area is 205 Å². The van der Waals surface area contributed by atoms with Gasteiger partial charge in [-0.3, -0.25) is 4.79 Å². The Bertz CT molecular complexity index is 1090. The molecule has 0 spiro atoms. The summed E-state index contributed by atoms with van der Waals surface area (Å²) in [5, 5.41) is 12.6. The predicted molar refractivity (Wildman–Crippen MR) is 131 cm³/mol. The van der Waals surface area contributed by atoms with Crippen LogP contribution in [0.2, 0.25) is 0 Å². The minimum atomic E-state index is -1.10. The summed E-state index contributed by atoms with van der Waals surface area (Å²) in [6.07, 6.45) is 3.17. The number of carboxylic acids is 1. The second-order valence-corrected chi connectivity index (χ2v) is 10.2. The van der Waals surface area contributed by atoms with Crippen molar-refractivity contribution in [1.29, 1.82) is 0 Å². The summed E-state index contributed by atoms with van der Waals surface area (Å²) in [4.78, 5) is 40.1. The van der Waals surface area contributed by atoms with Crippen LogP contribution in [0.5, 0.6) is 0 Å². The summed E-state index contributed by atoms with van der Waals surface area (Å²) >= 11 is 0. The molecule has 2 aromatic carbocycles. The summed E-state index contributed by atoms with van der Waals surface area (Å²) in [5.41, 5.74) is 3.45. The number of ether oxygens (including phenoxy) is 1. The third-order valence-corrected chi connectivity index (χ3v) is 7.91. The molecule has 2 amide bonds. The zero-order valence-corrected chi connectivity index (χ0v) is 20.0. The van der Waals surface area contributed by atoms with Crippen molar-refractivity contribution in [2.75, 3.05) is 13.2 Å². The fourth-order valence-corrected chi connectivity index (χ4v) is 6.11. The number of carbonyl (C=O) groups is 3. The zero-order valence-electron chi connectivity index (χ0n) is 20.0. The quantitative estimate of drug-likeness (QED) is 0.660. The van der Waals surface area contributed by atoms with Gasteiger partial charge in [-0.2, -0.15) is 0 Å². The molecule has 2 aliphatic carbocycles. The molecular weight excluding hydrogens is 444 g/mol. The molecule has 0 radical (unpaired) electrons. The zero-order chi connectivity index (χ0) is 24.6. The molecule has 5 rings (SSSR count). The predicted octanol–water partition coefficient (Wildman–Crippen LogP) is 4.55. The number of hydrogen-bond acceptors (Lipinski definition) is 4. The SMILES string of the molecule is CC1CCC(C(=O)O)N(C(=O)C2(NC(=O)OCC3c4ccccc4-c4ccccc43)CCCC2)C1.